The highest BCUT2D eigenvalue weighted by molar-refractivity contribution is 6.68. The van der Waals surface area contributed by atoms with Gasteiger partial charge in [0.15, 0.2) is 0 Å². The highest BCUT2D eigenvalue weighted by atomic mass is 35.5. The van der Waals surface area contributed by atoms with E-state index in [-0.39, 0.29) is 19.9 Å². The van der Waals surface area contributed by atoms with E-state index in [0.717, 1.165) is 6.42 Å². The van der Waals surface area contributed by atoms with Gasteiger partial charge in [-0.2, -0.15) is 0 Å². The predicted molar refractivity (Wildman–Crippen MR) is 133 cm³/mol. The second kappa shape index (κ2) is 24.3. The lowest BCUT2D eigenvalue weighted by molar-refractivity contribution is -0.137. The lowest BCUT2D eigenvalue weighted by atomic mass is 10.0. The Hall–Kier alpha value is 0.00688. The smallest absolute Gasteiger partial charge is 0.330 e. The molecule has 0 fully saturated rings. The van der Waals surface area contributed by atoms with Crippen molar-refractivity contribution < 1.29 is 9.53 Å². The Morgan fingerprint density at radius 1 is 0.724 bits per heavy atom. The van der Waals surface area contributed by atoms with E-state index in [0.29, 0.717) is 6.61 Å². The third-order valence-corrected chi connectivity index (χ3v) is 8.02. The van der Waals surface area contributed by atoms with E-state index in [1.165, 1.54) is 115 Å². The largest absolute Gasteiger partial charge is 0.463 e. The van der Waals surface area contributed by atoms with E-state index >= 15 is 0 Å². The van der Waals surface area contributed by atoms with Crippen LogP contribution in [0.25, 0.3) is 0 Å². The predicted octanol–water partition coefficient (Wildman–Crippen LogP) is 8.09. The van der Waals surface area contributed by atoms with Gasteiger partial charge in [0.05, 0.1) is 20.6 Å². The van der Waals surface area contributed by atoms with Gasteiger partial charge in [0.25, 0.3) is 0 Å². The fourth-order valence-electron chi connectivity index (χ4n) is 3.59. The third kappa shape index (κ3) is 26.0. The Balaban J connectivity index is 3.06. The average Bonchev–Trinajstić information content (AvgIpc) is 2.69. The molecule has 0 atom stereocenters. The molecule has 0 amide bonds. The summed E-state index contributed by atoms with van der Waals surface area (Å²) in [5.41, 5.74) is 0. The maximum atomic E-state index is 11.1. The van der Waals surface area contributed by atoms with Crippen LogP contribution in [-0.4, -0.2) is 26.6 Å². The van der Waals surface area contributed by atoms with Crippen molar-refractivity contribution in [1.29, 1.82) is 0 Å². The SMILES string of the molecule is CC=CC(=O)OCCCCCCCCCCCCCCCCCCC[SiH2]C(Cl)Cl. The topological polar surface area (TPSA) is 26.3 Å². The summed E-state index contributed by atoms with van der Waals surface area (Å²) in [6.07, 6.45) is 26.1. The van der Waals surface area contributed by atoms with Crippen molar-refractivity contribution in [3.63, 3.8) is 0 Å². The van der Waals surface area contributed by atoms with Crippen LogP contribution in [0.15, 0.2) is 12.2 Å². The Kier molecular flexibility index (Phi) is 24.3. The third-order valence-electron chi connectivity index (χ3n) is 5.36. The van der Waals surface area contributed by atoms with Crippen LogP contribution in [0.1, 0.15) is 116 Å². The van der Waals surface area contributed by atoms with E-state index in [4.69, 9.17) is 27.9 Å². The second-order valence-electron chi connectivity index (χ2n) is 8.21. The molecular weight excluding hydrogens is 419 g/mol. The van der Waals surface area contributed by atoms with Crippen molar-refractivity contribution in [2.24, 2.45) is 0 Å². The molecular formula is C24H46Cl2O2Si. The Labute approximate surface area is 193 Å². The molecule has 2 nitrogen and oxygen atoms in total. The Morgan fingerprint density at radius 3 is 1.48 bits per heavy atom. The maximum Gasteiger partial charge on any atom is 0.330 e. The molecule has 0 aromatic rings. The van der Waals surface area contributed by atoms with Gasteiger partial charge in [0.1, 0.15) is 0 Å². The van der Waals surface area contributed by atoms with Crippen LogP contribution < -0.4 is 0 Å². The number of halogens is 2. The lowest BCUT2D eigenvalue weighted by Crippen LogP contribution is -2.01. The number of carbonyl (C=O) groups is 1. The lowest BCUT2D eigenvalue weighted by Gasteiger charge is -2.04. The first-order valence-electron chi connectivity index (χ1n) is 12.2. The molecule has 0 aromatic carbocycles. The number of allylic oxidation sites excluding steroid dienone is 1. The molecule has 0 spiro atoms. The first-order chi connectivity index (χ1) is 14.2. The first kappa shape index (κ1) is 29.0. The van der Waals surface area contributed by atoms with Crippen molar-refractivity contribution in [1.82, 2.24) is 0 Å². The summed E-state index contributed by atoms with van der Waals surface area (Å²) in [6.45, 7) is 2.39. The molecule has 29 heavy (non-hydrogen) atoms. The summed E-state index contributed by atoms with van der Waals surface area (Å²) < 4.78 is 5.06. The minimum atomic E-state index is -0.214. The standard InChI is InChI=1S/C24H46Cl2O2Si/c1-2-20-23(27)28-21-18-16-14-12-10-8-6-4-3-5-7-9-11-13-15-17-19-22-29-24(25)26/h2,20,24H,3-19,21-22,29H2,1H3. The maximum absolute atomic E-state index is 11.1. The molecule has 0 N–H and O–H groups in total. The van der Waals surface area contributed by atoms with Gasteiger partial charge in [-0.25, -0.2) is 4.79 Å². The summed E-state index contributed by atoms with van der Waals surface area (Å²) in [4.78, 5) is 11.1. The van der Waals surface area contributed by atoms with Gasteiger partial charge in [-0.05, 0) is 13.3 Å². The van der Waals surface area contributed by atoms with Crippen LogP contribution in [0, 0.1) is 0 Å². The Morgan fingerprint density at radius 2 is 1.10 bits per heavy atom. The fourth-order valence-corrected chi connectivity index (χ4v) is 5.46. The van der Waals surface area contributed by atoms with Crippen LogP contribution in [0.3, 0.4) is 0 Å². The summed E-state index contributed by atoms with van der Waals surface area (Å²) in [5.74, 6) is -0.214. The molecule has 0 aliphatic heterocycles. The van der Waals surface area contributed by atoms with E-state index < -0.39 is 0 Å². The van der Waals surface area contributed by atoms with Gasteiger partial charge in [-0.1, -0.05) is 115 Å². The Bertz CT molecular complexity index is 376. The molecule has 0 aliphatic rings. The summed E-state index contributed by atoms with van der Waals surface area (Å²) in [7, 11) is -0.212. The average molecular weight is 466 g/mol. The van der Waals surface area contributed by atoms with Crippen molar-refractivity contribution >= 4 is 38.7 Å². The molecule has 172 valence electrons. The number of esters is 1. The fraction of sp³-hybridized carbons (Fsp3) is 0.875. The van der Waals surface area contributed by atoms with Crippen molar-refractivity contribution in [2.75, 3.05) is 6.61 Å². The molecule has 0 saturated heterocycles. The number of unbranched alkanes of at least 4 members (excludes halogenated alkanes) is 16. The van der Waals surface area contributed by atoms with Crippen LogP contribution in [0.5, 0.6) is 0 Å². The molecule has 0 aromatic heterocycles. The van der Waals surface area contributed by atoms with Crippen LogP contribution in [0.2, 0.25) is 6.04 Å². The first-order valence-corrected chi connectivity index (χ1v) is 14.9. The number of carbonyl (C=O) groups excluding carboxylic acids is 1. The van der Waals surface area contributed by atoms with Crippen LogP contribution in [-0.2, 0) is 9.53 Å². The summed E-state index contributed by atoms with van der Waals surface area (Å²) in [5, 5.41) is 0. The van der Waals surface area contributed by atoms with Gasteiger partial charge >= 0.3 is 5.97 Å². The van der Waals surface area contributed by atoms with Crippen molar-refractivity contribution in [3.8, 4) is 0 Å². The van der Waals surface area contributed by atoms with Gasteiger partial charge in [-0.3, -0.25) is 0 Å². The highest BCUT2D eigenvalue weighted by Crippen LogP contribution is 2.14. The molecule has 0 radical (unpaired) electrons. The number of hydrogen-bond donors (Lipinski definition) is 0. The number of ether oxygens (including phenoxy) is 1. The second-order valence-corrected chi connectivity index (χ2v) is 12.6. The molecule has 0 unspecified atom stereocenters. The molecule has 0 bridgehead atoms. The quantitative estimate of drug-likeness (QED) is 0.0531. The molecule has 0 saturated carbocycles. The molecule has 0 aliphatic carbocycles. The van der Waals surface area contributed by atoms with Gasteiger partial charge < -0.3 is 4.74 Å². The van der Waals surface area contributed by atoms with Crippen LogP contribution in [0.4, 0.5) is 0 Å². The van der Waals surface area contributed by atoms with Gasteiger partial charge in [0, 0.05) is 6.08 Å². The minimum Gasteiger partial charge on any atom is -0.463 e. The zero-order valence-electron chi connectivity index (χ0n) is 18.9. The zero-order chi connectivity index (χ0) is 21.4. The monoisotopic (exact) mass is 464 g/mol. The number of hydrogen-bond acceptors (Lipinski definition) is 2. The van der Waals surface area contributed by atoms with Crippen molar-refractivity contribution in [2.45, 2.75) is 127 Å². The van der Waals surface area contributed by atoms with Crippen molar-refractivity contribution in [3.05, 3.63) is 12.2 Å². The van der Waals surface area contributed by atoms with E-state index in [2.05, 4.69) is 0 Å². The summed E-state index contributed by atoms with van der Waals surface area (Å²) in [6, 6.07) is 1.31. The van der Waals surface area contributed by atoms with Crippen LogP contribution >= 0.6 is 23.2 Å². The number of rotatable bonds is 22. The normalized spacial score (nSPS) is 12.0. The van der Waals surface area contributed by atoms with Gasteiger partial charge in [0.2, 0.25) is 0 Å². The van der Waals surface area contributed by atoms with E-state index in [1.807, 2.05) is 6.92 Å². The minimum absolute atomic E-state index is 0.0346. The van der Waals surface area contributed by atoms with Gasteiger partial charge in [-0.15, -0.1) is 23.2 Å². The molecule has 0 rings (SSSR count). The summed E-state index contributed by atoms with van der Waals surface area (Å²) >= 11 is 11.6. The molecule has 5 heteroatoms. The molecule has 0 heterocycles. The van der Waals surface area contributed by atoms with E-state index in [9.17, 15) is 4.79 Å². The van der Waals surface area contributed by atoms with E-state index in [1.54, 1.807) is 6.08 Å². The highest BCUT2D eigenvalue weighted by Gasteiger charge is 1.99. The zero-order valence-corrected chi connectivity index (χ0v) is 21.9. The number of alkyl halides is 2.